The maximum Gasteiger partial charge on any atom is 0.106 e. The van der Waals surface area contributed by atoms with Crippen LogP contribution in [0.1, 0.15) is 40.0 Å². The number of rotatable bonds is 4. The van der Waals surface area contributed by atoms with E-state index in [-0.39, 0.29) is 5.54 Å². The van der Waals surface area contributed by atoms with Gasteiger partial charge in [0.1, 0.15) is 5.54 Å². The molecule has 0 aliphatic heterocycles. The summed E-state index contributed by atoms with van der Waals surface area (Å²) in [4.78, 5) is 0. The molecule has 0 spiro atoms. The normalized spacial score (nSPS) is 24.2. The van der Waals surface area contributed by atoms with Gasteiger partial charge in [-0.05, 0) is 39.0 Å². The fourth-order valence-electron chi connectivity index (χ4n) is 1.52. The van der Waals surface area contributed by atoms with Crippen LogP contribution in [0, 0.1) is 17.2 Å². The van der Waals surface area contributed by atoms with Crippen molar-refractivity contribution >= 4 is 0 Å². The minimum atomic E-state index is -0.268. The molecule has 2 unspecified atom stereocenters. The fraction of sp³-hybridized carbons (Fsp3) is 0.900. The second-order valence-electron chi connectivity index (χ2n) is 4.04. The Morgan fingerprint density at radius 2 is 2.25 bits per heavy atom. The standard InChI is InChI=1S/C10H18N2/c1-4-8(2)12-10(3,7-11)9-5-6-9/h8-9,12H,4-6H2,1-3H3. The molecule has 1 aliphatic rings. The van der Waals surface area contributed by atoms with Crippen LogP contribution in [0.4, 0.5) is 0 Å². The first-order valence-corrected chi connectivity index (χ1v) is 4.81. The molecule has 1 fully saturated rings. The van der Waals surface area contributed by atoms with Crippen molar-refractivity contribution < 1.29 is 0 Å². The zero-order valence-corrected chi connectivity index (χ0v) is 8.22. The number of hydrogen-bond donors (Lipinski definition) is 1. The summed E-state index contributed by atoms with van der Waals surface area (Å²) in [5.74, 6) is 0.594. The average molecular weight is 166 g/mol. The molecular formula is C10H18N2. The summed E-state index contributed by atoms with van der Waals surface area (Å²) in [5.41, 5.74) is -0.268. The van der Waals surface area contributed by atoms with Gasteiger partial charge >= 0.3 is 0 Å². The molecular weight excluding hydrogens is 148 g/mol. The Kier molecular flexibility index (Phi) is 2.74. The van der Waals surface area contributed by atoms with Gasteiger partial charge in [-0.25, -0.2) is 0 Å². The smallest absolute Gasteiger partial charge is 0.106 e. The number of hydrogen-bond acceptors (Lipinski definition) is 2. The van der Waals surface area contributed by atoms with Gasteiger partial charge in [0, 0.05) is 6.04 Å². The van der Waals surface area contributed by atoms with Gasteiger partial charge < -0.3 is 0 Å². The third-order valence-corrected chi connectivity index (χ3v) is 2.78. The van der Waals surface area contributed by atoms with E-state index in [1.165, 1.54) is 12.8 Å². The topological polar surface area (TPSA) is 35.8 Å². The highest BCUT2D eigenvalue weighted by molar-refractivity contribution is 5.12. The summed E-state index contributed by atoms with van der Waals surface area (Å²) in [6, 6.07) is 2.85. The molecule has 0 aromatic heterocycles. The predicted molar refractivity (Wildman–Crippen MR) is 49.6 cm³/mol. The first kappa shape index (κ1) is 9.54. The van der Waals surface area contributed by atoms with Crippen LogP contribution in [0.5, 0.6) is 0 Å². The second-order valence-corrected chi connectivity index (χ2v) is 4.04. The van der Waals surface area contributed by atoms with Crippen molar-refractivity contribution in [1.29, 1.82) is 5.26 Å². The van der Waals surface area contributed by atoms with Crippen molar-refractivity contribution in [3.05, 3.63) is 0 Å². The maximum atomic E-state index is 9.03. The van der Waals surface area contributed by atoms with E-state index < -0.39 is 0 Å². The Labute approximate surface area is 75.0 Å². The van der Waals surface area contributed by atoms with Gasteiger partial charge in [0.15, 0.2) is 0 Å². The Hall–Kier alpha value is -0.550. The molecule has 0 heterocycles. The van der Waals surface area contributed by atoms with Crippen LogP contribution in [0.3, 0.4) is 0 Å². The summed E-state index contributed by atoms with van der Waals surface area (Å²) in [6.07, 6.45) is 3.52. The zero-order valence-electron chi connectivity index (χ0n) is 8.22. The van der Waals surface area contributed by atoms with Crippen LogP contribution >= 0.6 is 0 Å². The molecule has 0 amide bonds. The highest BCUT2D eigenvalue weighted by Crippen LogP contribution is 2.39. The monoisotopic (exact) mass is 166 g/mol. The quantitative estimate of drug-likeness (QED) is 0.694. The van der Waals surface area contributed by atoms with E-state index in [9.17, 15) is 0 Å². The van der Waals surface area contributed by atoms with Crippen molar-refractivity contribution in [3.8, 4) is 6.07 Å². The second kappa shape index (κ2) is 3.45. The molecule has 1 saturated carbocycles. The summed E-state index contributed by atoms with van der Waals surface area (Å²) in [5, 5.41) is 12.4. The van der Waals surface area contributed by atoms with E-state index in [0.717, 1.165) is 6.42 Å². The largest absolute Gasteiger partial charge is 0.297 e. The first-order valence-electron chi connectivity index (χ1n) is 4.81. The van der Waals surface area contributed by atoms with Gasteiger partial charge in [0.25, 0.3) is 0 Å². The Balaban J connectivity index is 2.50. The predicted octanol–water partition coefficient (Wildman–Crippen LogP) is 2.07. The lowest BCUT2D eigenvalue weighted by Gasteiger charge is -2.26. The SMILES string of the molecule is CCC(C)NC(C)(C#N)C1CC1. The van der Waals surface area contributed by atoms with Gasteiger partial charge in [-0.2, -0.15) is 5.26 Å². The maximum absolute atomic E-state index is 9.03. The Morgan fingerprint density at radius 3 is 2.58 bits per heavy atom. The molecule has 1 rings (SSSR count). The average Bonchev–Trinajstić information content (AvgIpc) is 2.86. The summed E-state index contributed by atoms with van der Waals surface area (Å²) in [7, 11) is 0. The Morgan fingerprint density at radius 1 is 1.67 bits per heavy atom. The van der Waals surface area contributed by atoms with E-state index in [1.54, 1.807) is 0 Å². The van der Waals surface area contributed by atoms with E-state index in [4.69, 9.17) is 5.26 Å². The van der Waals surface area contributed by atoms with Gasteiger partial charge in [0.05, 0.1) is 6.07 Å². The number of nitrogens with zero attached hydrogens (tertiary/aromatic N) is 1. The summed E-state index contributed by atoms with van der Waals surface area (Å²) >= 11 is 0. The lowest BCUT2D eigenvalue weighted by molar-refractivity contribution is 0.348. The molecule has 0 radical (unpaired) electrons. The van der Waals surface area contributed by atoms with Crippen molar-refractivity contribution in [1.82, 2.24) is 5.32 Å². The van der Waals surface area contributed by atoms with Crippen molar-refractivity contribution in [2.45, 2.75) is 51.6 Å². The number of nitrogens with one attached hydrogen (secondary N) is 1. The third kappa shape index (κ3) is 1.98. The minimum Gasteiger partial charge on any atom is -0.297 e. The van der Waals surface area contributed by atoms with Gasteiger partial charge in [-0.1, -0.05) is 6.92 Å². The van der Waals surface area contributed by atoms with Gasteiger partial charge in [-0.3, -0.25) is 5.32 Å². The van der Waals surface area contributed by atoms with Crippen molar-refractivity contribution in [3.63, 3.8) is 0 Å². The first-order chi connectivity index (χ1) is 5.62. The highest BCUT2D eigenvalue weighted by Gasteiger charge is 2.42. The van der Waals surface area contributed by atoms with Gasteiger partial charge in [-0.15, -0.1) is 0 Å². The van der Waals surface area contributed by atoms with Crippen LogP contribution in [0.25, 0.3) is 0 Å². The van der Waals surface area contributed by atoms with E-state index in [2.05, 4.69) is 25.2 Å². The lowest BCUT2D eigenvalue weighted by atomic mass is 9.96. The Bertz CT molecular complexity index is 191. The molecule has 2 nitrogen and oxygen atoms in total. The van der Waals surface area contributed by atoms with E-state index in [1.807, 2.05) is 6.92 Å². The minimum absolute atomic E-state index is 0.268. The molecule has 0 aromatic rings. The fourth-order valence-corrected chi connectivity index (χ4v) is 1.52. The van der Waals surface area contributed by atoms with E-state index in [0.29, 0.717) is 12.0 Å². The van der Waals surface area contributed by atoms with Crippen LogP contribution < -0.4 is 5.32 Å². The highest BCUT2D eigenvalue weighted by atomic mass is 15.0. The summed E-state index contributed by atoms with van der Waals surface area (Å²) < 4.78 is 0. The molecule has 1 aliphatic carbocycles. The van der Waals surface area contributed by atoms with Crippen LogP contribution in [0.15, 0.2) is 0 Å². The molecule has 1 N–H and O–H groups in total. The lowest BCUT2D eigenvalue weighted by Crippen LogP contribution is -2.47. The van der Waals surface area contributed by atoms with Gasteiger partial charge in [0.2, 0.25) is 0 Å². The van der Waals surface area contributed by atoms with Crippen LogP contribution in [0.2, 0.25) is 0 Å². The summed E-state index contributed by atoms with van der Waals surface area (Å²) in [6.45, 7) is 6.30. The third-order valence-electron chi connectivity index (χ3n) is 2.78. The zero-order chi connectivity index (χ0) is 9.19. The molecule has 68 valence electrons. The number of nitriles is 1. The molecule has 12 heavy (non-hydrogen) atoms. The molecule has 2 heteroatoms. The van der Waals surface area contributed by atoms with E-state index >= 15 is 0 Å². The van der Waals surface area contributed by atoms with Crippen molar-refractivity contribution in [2.24, 2.45) is 5.92 Å². The van der Waals surface area contributed by atoms with Crippen molar-refractivity contribution in [2.75, 3.05) is 0 Å². The molecule has 0 aromatic carbocycles. The molecule has 2 atom stereocenters. The molecule has 0 bridgehead atoms. The van der Waals surface area contributed by atoms with Crippen LogP contribution in [-0.4, -0.2) is 11.6 Å². The molecule has 0 saturated heterocycles. The van der Waals surface area contributed by atoms with Crippen LogP contribution in [-0.2, 0) is 0 Å².